The maximum absolute atomic E-state index is 5.31. The van der Waals surface area contributed by atoms with Gasteiger partial charge in [-0.1, -0.05) is 18.5 Å². The van der Waals surface area contributed by atoms with Gasteiger partial charge in [0.25, 0.3) is 0 Å². The number of rotatable bonds is 6. The molecule has 1 aliphatic heterocycles. The van der Waals surface area contributed by atoms with Crippen LogP contribution in [-0.2, 0) is 13.0 Å². The molecule has 3 aromatic heterocycles. The molecular weight excluding hydrogens is 320 g/mol. The van der Waals surface area contributed by atoms with Gasteiger partial charge >= 0.3 is 0 Å². The zero-order valence-electron chi connectivity index (χ0n) is 14.4. The molecule has 1 fully saturated rings. The lowest BCUT2D eigenvalue weighted by molar-refractivity contribution is 0.239. The molecule has 0 aliphatic carbocycles. The van der Waals surface area contributed by atoms with Crippen molar-refractivity contribution in [2.75, 3.05) is 31.1 Å². The maximum Gasteiger partial charge on any atom is 0.226 e. The minimum atomic E-state index is 0.737. The molecular formula is C16H22N8O. The molecule has 1 saturated heterocycles. The van der Waals surface area contributed by atoms with Gasteiger partial charge in [-0.15, -0.1) is 15.3 Å². The summed E-state index contributed by atoms with van der Waals surface area (Å²) in [5.41, 5.74) is 0.762. The Morgan fingerprint density at radius 1 is 1.16 bits per heavy atom. The van der Waals surface area contributed by atoms with Crippen LogP contribution < -0.4 is 4.90 Å². The maximum atomic E-state index is 5.31. The van der Waals surface area contributed by atoms with Gasteiger partial charge in [0.15, 0.2) is 11.5 Å². The van der Waals surface area contributed by atoms with E-state index < -0.39 is 0 Å². The van der Waals surface area contributed by atoms with E-state index in [0.29, 0.717) is 0 Å². The van der Waals surface area contributed by atoms with Gasteiger partial charge in [0.05, 0.1) is 6.54 Å². The normalized spacial score (nSPS) is 16.0. The van der Waals surface area contributed by atoms with E-state index in [1.807, 2.05) is 12.1 Å². The molecule has 0 unspecified atom stereocenters. The van der Waals surface area contributed by atoms with Crippen molar-refractivity contribution in [2.45, 2.75) is 32.7 Å². The summed E-state index contributed by atoms with van der Waals surface area (Å²) in [5.74, 6) is 2.49. The first kappa shape index (κ1) is 15.9. The zero-order valence-corrected chi connectivity index (χ0v) is 14.4. The Hall–Kier alpha value is -2.55. The van der Waals surface area contributed by atoms with E-state index >= 15 is 0 Å². The van der Waals surface area contributed by atoms with Crippen LogP contribution in [-0.4, -0.2) is 61.0 Å². The minimum Gasteiger partial charge on any atom is -0.353 e. The highest BCUT2D eigenvalue weighted by molar-refractivity contribution is 5.45. The molecule has 9 nitrogen and oxygen atoms in total. The molecule has 4 rings (SSSR count). The molecule has 3 aromatic rings. The fourth-order valence-electron chi connectivity index (χ4n) is 3.01. The molecule has 0 radical (unpaired) electrons. The fourth-order valence-corrected chi connectivity index (χ4v) is 3.01. The Kier molecular flexibility index (Phi) is 4.55. The largest absolute Gasteiger partial charge is 0.353 e. The molecule has 9 heteroatoms. The first-order chi connectivity index (χ1) is 12.3. The van der Waals surface area contributed by atoms with Crippen LogP contribution in [0.4, 0.5) is 5.82 Å². The highest BCUT2D eigenvalue weighted by Gasteiger charge is 2.20. The van der Waals surface area contributed by atoms with E-state index in [4.69, 9.17) is 4.52 Å². The quantitative estimate of drug-likeness (QED) is 0.660. The average molecular weight is 342 g/mol. The number of unbranched alkanes of at least 4 members (excludes halogenated alkanes) is 1. The lowest BCUT2D eigenvalue weighted by Crippen LogP contribution is -2.46. The Morgan fingerprint density at radius 2 is 2.04 bits per heavy atom. The second-order valence-electron chi connectivity index (χ2n) is 6.30. The van der Waals surface area contributed by atoms with Gasteiger partial charge in [-0.05, 0) is 18.6 Å². The Morgan fingerprint density at radius 3 is 2.88 bits per heavy atom. The van der Waals surface area contributed by atoms with Crippen molar-refractivity contribution in [3.05, 3.63) is 30.2 Å². The number of hydrogen-bond acceptors (Lipinski definition) is 8. The fraction of sp³-hybridized carbons (Fsp3) is 0.562. The Balaban J connectivity index is 1.32. The molecule has 0 saturated carbocycles. The van der Waals surface area contributed by atoms with Gasteiger partial charge in [0.2, 0.25) is 5.89 Å². The number of aromatic nitrogens is 6. The van der Waals surface area contributed by atoms with Crippen LogP contribution in [0.25, 0.3) is 5.65 Å². The molecule has 0 aromatic carbocycles. The van der Waals surface area contributed by atoms with Gasteiger partial charge in [0.1, 0.15) is 12.1 Å². The van der Waals surface area contributed by atoms with Gasteiger partial charge < -0.3 is 9.42 Å². The van der Waals surface area contributed by atoms with Crippen molar-refractivity contribution in [2.24, 2.45) is 0 Å². The van der Waals surface area contributed by atoms with Crippen LogP contribution in [0, 0.1) is 0 Å². The topological polar surface area (TPSA) is 88.5 Å². The Labute approximate surface area is 145 Å². The molecule has 0 bridgehead atoms. The number of fused-ring (bicyclic) bond motifs is 1. The lowest BCUT2D eigenvalue weighted by atomic mass is 10.2. The van der Waals surface area contributed by atoms with Crippen LogP contribution in [0.2, 0.25) is 0 Å². The summed E-state index contributed by atoms with van der Waals surface area (Å²) in [6.45, 7) is 6.62. The van der Waals surface area contributed by atoms with Crippen molar-refractivity contribution < 1.29 is 4.52 Å². The molecule has 4 heterocycles. The van der Waals surface area contributed by atoms with E-state index in [-0.39, 0.29) is 0 Å². The summed E-state index contributed by atoms with van der Waals surface area (Å²) in [5, 5.41) is 16.5. The van der Waals surface area contributed by atoms with E-state index in [2.05, 4.69) is 42.2 Å². The molecule has 0 N–H and O–H groups in total. The van der Waals surface area contributed by atoms with E-state index in [1.165, 1.54) is 0 Å². The van der Waals surface area contributed by atoms with Crippen molar-refractivity contribution in [3.8, 4) is 0 Å². The molecule has 0 atom stereocenters. The standard InChI is InChI=1S/C16H22N8O/c1-2-3-4-16-18-13(21-25-16)11-22-7-9-23(10-8-22)15-6-5-14-19-17-12-24(14)20-15/h5-6,12H,2-4,7-11H2,1H3. The van der Waals surface area contributed by atoms with Crippen molar-refractivity contribution in [3.63, 3.8) is 0 Å². The van der Waals surface area contributed by atoms with Crippen molar-refractivity contribution in [1.82, 2.24) is 34.9 Å². The molecule has 132 valence electrons. The summed E-state index contributed by atoms with van der Waals surface area (Å²) in [6, 6.07) is 3.94. The van der Waals surface area contributed by atoms with E-state index in [0.717, 1.165) is 75.2 Å². The third kappa shape index (κ3) is 3.60. The Bertz CT molecular complexity index is 820. The summed E-state index contributed by atoms with van der Waals surface area (Å²) in [4.78, 5) is 9.11. The first-order valence-electron chi connectivity index (χ1n) is 8.77. The third-order valence-corrected chi connectivity index (χ3v) is 4.46. The average Bonchev–Trinajstić information content (AvgIpc) is 3.29. The second-order valence-corrected chi connectivity index (χ2v) is 6.30. The molecule has 1 aliphatic rings. The summed E-state index contributed by atoms with van der Waals surface area (Å²) >= 11 is 0. The predicted octanol–water partition coefficient (Wildman–Crippen LogP) is 1.17. The van der Waals surface area contributed by atoms with Crippen LogP contribution in [0.15, 0.2) is 23.0 Å². The minimum absolute atomic E-state index is 0.737. The van der Waals surface area contributed by atoms with Crippen LogP contribution in [0.5, 0.6) is 0 Å². The van der Waals surface area contributed by atoms with Gasteiger partial charge in [0, 0.05) is 32.6 Å². The molecule has 0 amide bonds. The highest BCUT2D eigenvalue weighted by atomic mass is 16.5. The summed E-state index contributed by atoms with van der Waals surface area (Å²) in [7, 11) is 0. The number of aryl methyl sites for hydroxylation is 1. The van der Waals surface area contributed by atoms with Crippen molar-refractivity contribution in [1.29, 1.82) is 0 Å². The summed E-state index contributed by atoms with van der Waals surface area (Å²) in [6.07, 6.45) is 4.72. The van der Waals surface area contributed by atoms with E-state index in [1.54, 1.807) is 10.8 Å². The third-order valence-electron chi connectivity index (χ3n) is 4.46. The smallest absolute Gasteiger partial charge is 0.226 e. The van der Waals surface area contributed by atoms with Crippen LogP contribution >= 0.6 is 0 Å². The van der Waals surface area contributed by atoms with Crippen molar-refractivity contribution >= 4 is 11.5 Å². The number of hydrogen-bond donors (Lipinski definition) is 0. The van der Waals surface area contributed by atoms with Gasteiger partial charge in [-0.25, -0.2) is 0 Å². The summed E-state index contributed by atoms with van der Waals surface area (Å²) < 4.78 is 7.02. The molecule has 0 spiro atoms. The second kappa shape index (κ2) is 7.14. The first-order valence-corrected chi connectivity index (χ1v) is 8.77. The number of nitrogens with zero attached hydrogens (tertiary/aromatic N) is 8. The van der Waals surface area contributed by atoms with Crippen LogP contribution in [0.3, 0.4) is 0 Å². The lowest BCUT2D eigenvalue weighted by Gasteiger charge is -2.34. The van der Waals surface area contributed by atoms with Crippen LogP contribution in [0.1, 0.15) is 31.5 Å². The monoisotopic (exact) mass is 342 g/mol. The highest BCUT2D eigenvalue weighted by Crippen LogP contribution is 2.15. The SMILES string of the molecule is CCCCc1nc(CN2CCN(c3ccc4nncn4n3)CC2)no1. The molecule has 25 heavy (non-hydrogen) atoms. The predicted molar refractivity (Wildman–Crippen MR) is 91.2 cm³/mol. The van der Waals surface area contributed by atoms with Gasteiger partial charge in [-0.3, -0.25) is 4.90 Å². The van der Waals surface area contributed by atoms with Gasteiger partial charge in [-0.2, -0.15) is 9.50 Å². The zero-order chi connectivity index (χ0) is 17.1. The van der Waals surface area contributed by atoms with E-state index in [9.17, 15) is 0 Å². The number of piperazine rings is 1. The number of anilines is 1.